The largest absolute Gasteiger partial charge is 0.322 e. The molecular weight excluding hydrogens is 311 g/mol. The maximum atomic E-state index is 12.3. The van der Waals surface area contributed by atoms with Crippen LogP contribution < -0.4 is 5.32 Å². The predicted molar refractivity (Wildman–Crippen MR) is 81.6 cm³/mol. The Hall–Kier alpha value is -1.85. The fourth-order valence-electron chi connectivity index (χ4n) is 2.19. The van der Waals surface area contributed by atoms with Gasteiger partial charge < -0.3 is 10.2 Å². The molecular formula is C14H12Cl2N4O. The van der Waals surface area contributed by atoms with Crippen molar-refractivity contribution in [3.8, 4) is 0 Å². The van der Waals surface area contributed by atoms with Gasteiger partial charge in [-0.25, -0.2) is 4.79 Å². The van der Waals surface area contributed by atoms with E-state index in [4.69, 9.17) is 23.2 Å². The van der Waals surface area contributed by atoms with Crippen LogP contribution in [-0.2, 0) is 13.0 Å². The number of nitrogens with one attached hydrogen (secondary N) is 1. The molecule has 7 heteroatoms. The smallest absolute Gasteiger partial charge is 0.318 e. The van der Waals surface area contributed by atoms with Crippen molar-refractivity contribution in [2.24, 2.45) is 0 Å². The zero-order chi connectivity index (χ0) is 14.8. The molecule has 1 N–H and O–H groups in total. The van der Waals surface area contributed by atoms with E-state index in [1.54, 1.807) is 35.5 Å². The molecule has 2 heterocycles. The molecule has 108 valence electrons. The molecule has 0 atom stereocenters. The third-order valence-electron chi connectivity index (χ3n) is 3.28. The molecule has 1 aromatic carbocycles. The van der Waals surface area contributed by atoms with Gasteiger partial charge in [-0.1, -0.05) is 23.2 Å². The van der Waals surface area contributed by atoms with Crippen LogP contribution in [0.25, 0.3) is 0 Å². The summed E-state index contributed by atoms with van der Waals surface area (Å²) in [4.78, 5) is 22.5. The first-order valence-electron chi connectivity index (χ1n) is 6.43. The van der Waals surface area contributed by atoms with Crippen LogP contribution in [0.2, 0.25) is 10.0 Å². The number of anilines is 1. The summed E-state index contributed by atoms with van der Waals surface area (Å²) in [6.45, 7) is 1.06. The Morgan fingerprint density at radius 2 is 1.90 bits per heavy atom. The lowest BCUT2D eigenvalue weighted by atomic mass is 10.1. The maximum absolute atomic E-state index is 12.3. The molecule has 5 nitrogen and oxygen atoms in total. The van der Waals surface area contributed by atoms with E-state index in [1.807, 2.05) is 0 Å². The molecule has 0 saturated carbocycles. The number of amides is 2. The molecule has 0 unspecified atom stereocenters. The lowest BCUT2D eigenvalue weighted by molar-refractivity contribution is 0.205. The van der Waals surface area contributed by atoms with Gasteiger partial charge in [-0.2, -0.15) is 0 Å². The van der Waals surface area contributed by atoms with Crippen molar-refractivity contribution >= 4 is 34.9 Å². The van der Waals surface area contributed by atoms with Gasteiger partial charge >= 0.3 is 6.03 Å². The van der Waals surface area contributed by atoms with Crippen molar-refractivity contribution < 1.29 is 4.79 Å². The van der Waals surface area contributed by atoms with E-state index in [2.05, 4.69) is 15.3 Å². The van der Waals surface area contributed by atoms with Gasteiger partial charge in [0.2, 0.25) is 0 Å². The lowest BCUT2D eigenvalue weighted by Crippen LogP contribution is -2.39. The minimum Gasteiger partial charge on any atom is -0.318 e. The third-order valence-corrected chi connectivity index (χ3v) is 4.02. The van der Waals surface area contributed by atoms with Gasteiger partial charge in [0, 0.05) is 31.0 Å². The second kappa shape index (κ2) is 5.87. The number of fused-ring (bicyclic) bond motifs is 1. The summed E-state index contributed by atoms with van der Waals surface area (Å²) in [5.41, 5.74) is 2.41. The molecule has 0 radical (unpaired) electrons. The van der Waals surface area contributed by atoms with Gasteiger partial charge in [-0.05, 0) is 18.2 Å². The first-order chi connectivity index (χ1) is 10.1. The van der Waals surface area contributed by atoms with Crippen LogP contribution in [0.3, 0.4) is 0 Å². The highest BCUT2D eigenvalue weighted by atomic mass is 35.5. The van der Waals surface area contributed by atoms with Gasteiger partial charge in [-0.3, -0.25) is 9.97 Å². The lowest BCUT2D eigenvalue weighted by Gasteiger charge is -2.27. The molecule has 0 saturated heterocycles. The number of aromatic nitrogens is 2. The number of rotatable bonds is 1. The number of nitrogens with zero attached hydrogens (tertiary/aromatic N) is 3. The fraction of sp³-hybridized carbons (Fsp3) is 0.214. The average molecular weight is 323 g/mol. The third kappa shape index (κ3) is 3.09. The van der Waals surface area contributed by atoms with E-state index in [-0.39, 0.29) is 6.03 Å². The summed E-state index contributed by atoms with van der Waals surface area (Å²) in [6, 6.07) is 4.80. The molecule has 0 aliphatic carbocycles. The summed E-state index contributed by atoms with van der Waals surface area (Å²) < 4.78 is 0. The van der Waals surface area contributed by atoms with Crippen LogP contribution in [0.4, 0.5) is 10.5 Å². The normalized spacial score (nSPS) is 13.7. The van der Waals surface area contributed by atoms with Crippen molar-refractivity contribution in [3.63, 3.8) is 0 Å². The van der Waals surface area contributed by atoms with Crippen molar-refractivity contribution in [2.75, 3.05) is 11.9 Å². The Bertz CT molecular complexity index is 692. The van der Waals surface area contributed by atoms with E-state index in [9.17, 15) is 4.79 Å². The van der Waals surface area contributed by atoms with E-state index < -0.39 is 0 Å². The number of halogens is 2. The van der Waals surface area contributed by atoms with Gasteiger partial charge in [0.1, 0.15) is 0 Å². The second-order valence-electron chi connectivity index (χ2n) is 4.68. The van der Waals surface area contributed by atoms with E-state index in [0.29, 0.717) is 35.2 Å². The first-order valence-corrected chi connectivity index (χ1v) is 7.19. The van der Waals surface area contributed by atoms with E-state index >= 15 is 0 Å². The van der Waals surface area contributed by atoms with Gasteiger partial charge in [0.25, 0.3) is 0 Å². The monoisotopic (exact) mass is 322 g/mol. The van der Waals surface area contributed by atoms with Crippen LogP contribution in [-0.4, -0.2) is 27.4 Å². The van der Waals surface area contributed by atoms with Crippen LogP contribution in [0.5, 0.6) is 0 Å². The van der Waals surface area contributed by atoms with E-state index in [0.717, 1.165) is 11.4 Å². The molecule has 0 bridgehead atoms. The zero-order valence-corrected chi connectivity index (χ0v) is 12.5. The molecule has 21 heavy (non-hydrogen) atoms. The van der Waals surface area contributed by atoms with Gasteiger partial charge in [-0.15, -0.1) is 0 Å². The number of hydrogen-bond acceptors (Lipinski definition) is 3. The molecule has 2 amide bonds. The van der Waals surface area contributed by atoms with Crippen LogP contribution in [0, 0.1) is 0 Å². The Morgan fingerprint density at radius 1 is 1.14 bits per heavy atom. The summed E-state index contributed by atoms with van der Waals surface area (Å²) in [7, 11) is 0. The molecule has 3 rings (SSSR count). The first kappa shape index (κ1) is 14.1. The standard InChI is InChI=1S/C14H12Cl2N4O/c15-10-2-1-9(7-11(10)16)19-14(21)20-6-3-12-13(8-20)18-5-4-17-12/h1-2,4-5,7H,3,6,8H2,(H,19,21). The minimum absolute atomic E-state index is 0.190. The van der Waals surface area contributed by atoms with Crippen LogP contribution >= 0.6 is 23.2 Å². The molecule has 1 aliphatic rings. The van der Waals surface area contributed by atoms with Gasteiger partial charge in [0.15, 0.2) is 0 Å². The van der Waals surface area contributed by atoms with Gasteiger partial charge in [0.05, 0.1) is 28.0 Å². The molecule has 2 aromatic rings. The number of benzene rings is 1. The fourth-order valence-corrected chi connectivity index (χ4v) is 2.49. The zero-order valence-electron chi connectivity index (χ0n) is 11.0. The Balaban J connectivity index is 1.70. The summed E-state index contributed by atoms with van der Waals surface area (Å²) in [6.07, 6.45) is 4.02. The van der Waals surface area contributed by atoms with Crippen molar-refractivity contribution in [1.82, 2.24) is 14.9 Å². The van der Waals surface area contributed by atoms with Crippen molar-refractivity contribution in [1.29, 1.82) is 0 Å². The van der Waals surface area contributed by atoms with Crippen molar-refractivity contribution in [3.05, 3.63) is 52.0 Å². The van der Waals surface area contributed by atoms with Crippen LogP contribution in [0.1, 0.15) is 11.4 Å². The number of hydrogen-bond donors (Lipinski definition) is 1. The Labute approximate surface area is 131 Å². The second-order valence-corrected chi connectivity index (χ2v) is 5.49. The summed E-state index contributed by atoms with van der Waals surface area (Å²) >= 11 is 11.8. The highest BCUT2D eigenvalue weighted by Crippen LogP contribution is 2.25. The SMILES string of the molecule is O=C(Nc1ccc(Cl)c(Cl)c1)N1CCc2nccnc2C1. The minimum atomic E-state index is -0.190. The molecule has 1 aromatic heterocycles. The molecule has 1 aliphatic heterocycles. The Morgan fingerprint density at radius 3 is 2.67 bits per heavy atom. The molecule has 0 spiro atoms. The summed E-state index contributed by atoms with van der Waals surface area (Å²) in [5.74, 6) is 0. The van der Waals surface area contributed by atoms with E-state index in [1.165, 1.54) is 0 Å². The number of carbonyl (C=O) groups is 1. The predicted octanol–water partition coefficient (Wildman–Crippen LogP) is 3.37. The Kier molecular flexibility index (Phi) is 3.94. The van der Waals surface area contributed by atoms with Crippen molar-refractivity contribution in [2.45, 2.75) is 13.0 Å². The highest BCUT2D eigenvalue weighted by molar-refractivity contribution is 6.42. The number of carbonyl (C=O) groups excluding carboxylic acids is 1. The average Bonchev–Trinajstić information content (AvgIpc) is 2.50. The maximum Gasteiger partial charge on any atom is 0.322 e. The molecule has 0 fully saturated rings. The summed E-state index contributed by atoms with van der Waals surface area (Å²) in [5, 5.41) is 3.67. The number of urea groups is 1. The quantitative estimate of drug-likeness (QED) is 0.875. The topological polar surface area (TPSA) is 58.1 Å². The highest BCUT2D eigenvalue weighted by Gasteiger charge is 2.22. The van der Waals surface area contributed by atoms with Crippen LogP contribution in [0.15, 0.2) is 30.6 Å².